The minimum Gasteiger partial charge on any atom is -0.405 e. The minimum absolute atomic E-state index is 0.149. The molecule has 2 atom stereocenters. The van der Waals surface area contributed by atoms with E-state index in [4.69, 9.17) is 0 Å². The van der Waals surface area contributed by atoms with Crippen molar-refractivity contribution in [3.8, 4) is 16.9 Å². The highest BCUT2D eigenvalue weighted by atomic mass is 32.2. The molecule has 53 heavy (non-hydrogen) atoms. The Morgan fingerprint density at radius 2 is 1.72 bits per heavy atom. The van der Waals surface area contributed by atoms with Crippen LogP contribution < -0.4 is 25.2 Å². The van der Waals surface area contributed by atoms with E-state index in [2.05, 4.69) is 14.8 Å². The molecule has 0 radical (unpaired) electrons. The molecule has 18 heteroatoms. The third-order valence-corrected chi connectivity index (χ3v) is 11.7. The van der Waals surface area contributed by atoms with Crippen LogP contribution in [0.4, 0.5) is 42.5 Å². The SMILES string of the molecule is Cc1c(-c2ccc(C(=O)N3CCC(N4CCN(c5ccc(N[SH]6CCC(=O)NC6=O)cc5F)CC4)C(F)(F)C3)c(OC(F)(F)F)c2)cn(C)c(=O)c1C. The Kier molecular flexibility index (Phi) is 10.5. The number of pyridine rings is 1. The molecular weight excluding hydrogens is 730 g/mol. The number of benzene rings is 2. The Morgan fingerprint density at radius 3 is 2.36 bits per heavy atom. The van der Waals surface area contributed by atoms with Gasteiger partial charge in [-0.2, -0.15) is 0 Å². The highest BCUT2D eigenvalue weighted by Crippen LogP contribution is 2.38. The quantitative estimate of drug-likeness (QED) is 0.218. The van der Waals surface area contributed by atoms with E-state index in [1.165, 1.54) is 29.9 Å². The number of halogens is 6. The predicted molar refractivity (Wildman–Crippen MR) is 188 cm³/mol. The van der Waals surface area contributed by atoms with Crippen molar-refractivity contribution in [1.82, 2.24) is 19.7 Å². The van der Waals surface area contributed by atoms with E-state index < -0.39 is 64.2 Å². The van der Waals surface area contributed by atoms with Gasteiger partial charge in [-0.05, 0) is 61.7 Å². The third-order valence-electron chi connectivity index (χ3n) is 9.89. The predicted octanol–water partition coefficient (Wildman–Crippen LogP) is 5.35. The fraction of sp³-hybridized carbons (Fsp3) is 0.429. The molecule has 0 bridgehead atoms. The molecule has 3 aromatic rings. The number of rotatable bonds is 7. The summed E-state index contributed by atoms with van der Waals surface area (Å²) < 4.78 is 95.8. The van der Waals surface area contributed by atoms with Crippen molar-refractivity contribution in [2.45, 2.75) is 45.0 Å². The molecule has 3 aliphatic heterocycles. The van der Waals surface area contributed by atoms with Crippen LogP contribution in [0.5, 0.6) is 5.75 Å². The Bertz CT molecular complexity index is 2000. The van der Waals surface area contributed by atoms with Crippen molar-refractivity contribution < 1.29 is 45.5 Å². The zero-order chi connectivity index (χ0) is 38.4. The molecule has 2 aromatic carbocycles. The molecule has 3 fully saturated rings. The lowest BCUT2D eigenvalue weighted by Gasteiger charge is -2.46. The number of likely N-dealkylation sites (tertiary alicyclic amines) is 1. The highest BCUT2D eigenvalue weighted by molar-refractivity contribution is 8.30. The number of carbonyl (C=O) groups is 3. The monoisotopic (exact) mass is 768 g/mol. The van der Waals surface area contributed by atoms with Gasteiger partial charge in [0, 0.05) is 75.0 Å². The normalized spacial score (nSPS) is 21.7. The van der Waals surface area contributed by atoms with Crippen molar-refractivity contribution in [3.63, 3.8) is 0 Å². The summed E-state index contributed by atoms with van der Waals surface area (Å²) in [7, 11) is 1.50. The standard InChI is InChI=1S/C35H38F6N6O5S/c1-20-21(2)31(49)44(3)18-25(20)22-4-6-24(28(16-22)52-35(39,40)41)32(50)47-10-8-29(34(37,38)19-47)46-13-11-45(12-14-46)27-7-5-23(17-26(27)36)43-53-15-9-30(48)42-33(53)51/h4-7,16-18,29,43,53H,8-15,19H2,1-3H3,(H,42,48,51). The molecule has 1 aromatic heterocycles. The topological polar surface area (TPSA) is 116 Å². The molecule has 3 saturated heterocycles. The number of nitrogens with zero attached hydrogens (tertiary/aromatic N) is 4. The molecule has 3 amide bonds. The summed E-state index contributed by atoms with van der Waals surface area (Å²) in [5, 5.41) is 1.83. The first-order chi connectivity index (χ1) is 24.9. The van der Waals surface area contributed by atoms with Crippen LogP contribution in [0.1, 0.15) is 34.3 Å². The van der Waals surface area contributed by atoms with Gasteiger partial charge in [0.25, 0.3) is 22.6 Å². The van der Waals surface area contributed by atoms with Gasteiger partial charge in [-0.1, -0.05) is 6.07 Å². The lowest BCUT2D eigenvalue weighted by atomic mass is 9.96. The minimum atomic E-state index is -5.18. The smallest absolute Gasteiger partial charge is 0.405 e. The number of ether oxygens (including phenoxy) is 1. The summed E-state index contributed by atoms with van der Waals surface area (Å²) in [4.78, 5) is 53.5. The lowest BCUT2D eigenvalue weighted by Crippen LogP contribution is -2.62. The summed E-state index contributed by atoms with van der Waals surface area (Å²) in [6.45, 7) is 2.85. The molecule has 11 nitrogen and oxygen atoms in total. The summed E-state index contributed by atoms with van der Waals surface area (Å²) >= 11 is -1.40. The van der Waals surface area contributed by atoms with E-state index in [9.17, 15) is 32.3 Å². The Morgan fingerprint density at radius 1 is 1.00 bits per heavy atom. The van der Waals surface area contributed by atoms with Crippen LogP contribution >= 0.6 is 11.1 Å². The first kappa shape index (κ1) is 38.0. The van der Waals surface area contributed by atoms with Gasteiger partial charge in [-0.15, -0.1) is 24.3 Å². The second kappa shape index (κ2) is 14.6. The molecule has 3 aliphatic rings. The molecule has 4 heterocycles. The number of hydrogen-bond acceptors (Lipinski definition) is 8. The highest BCUT2D eigenvalue weighted by Gasteiger charge is 2.49. The second-order valence-electron chi connectivity index (χ2n) is 13.3. The maximum absolute atomic E-state index is 15.8. The lowest BCUT2D eigenvalue weighted by molar-refractivity contribution is -0.274. The van der Waals surface area contributed by atoms with E-state index >= 15 is 13.2 Å². The number of anilines is 2. The molecule has 0 spiro atoms. The Balaban J connectivity index is 1.11. The van der Waals surface area contributed by atoms with E-state index in [-0.39, 0.29) is 68.3 Å². The second-order valence-corrected chi connectivity index (χ2v) is 15.2. The van der Waals surface area contributed by atoms with Crippen LogP contribution in [0, 0.1) is 19.7 Å². The van der Waals surface area contributed by atoms with Crippen LogP contribution in [0.15, 0.2) is 47.4 Å². The number of piperidine rings is 1. The molecule has 286 valence electrons. The van der Waals surface area contributed by atoms with Gasteiger partial charge in [-0.3, -0.25) is 29.4 Å². The van der Waals surface area contributed by atoms with Crippen LogP contribution in [0.3, 0.4) is 0 Å². The number of aromatic nitrogens is 1. The molecule has 0 aliphatic carbocycles. The van der Waals surface area contributed by atoms with Gasteiger partial charge < -0.3 is 23.8 Å². The number of nitrogens with one attached hydrogen (secondary N) is 2. The van der Waals surface area contributed by atoms with Crippen LogP contribution in [0.25, 0.3) is 11.1 Å². The molecule has 2 N–H and O–H groups in total. The zero-order valence-corrected chi connectivity index (χ0v) is 29.9. The summed E-state index contributed by atoms with van der Waals surface area (Å²) in [6.07, 6.45) is -3.68. The fourth-order valence-corrected chi connectivity index (χ4v) is 8.55. The van der Waals surface area contributed by atoms with Gasteiger partial charge in [-0.25, -0.2) is 13.2 Å². The van der Waals surface area contributed by atoms with E-state index in [0.717, 1.165) is 17.0 Å². The van der Waals surface area contributed by atoms with Crippen LogP contribution in [-0.4, -0.2) is 94.8 Å². The van der Waals surface area contributed by atoms with E-state index in [1.807, 2.05) is 0 Å². The summed E-state index contributed by atoms with van der Waals surface area (Å²) in [6, 6.07) is 6.67. The zero-order valence-electron chi connectivity index (χ0n) is 29.0. The van der Waals surface area contributed by atoms with Gasteiger partial charge >= 0.3 is 6.36 Å². The van der Waals surface area contributed by atoms with Crippen LogP contribution in [-0.2, 0) is 11.8 Å². The number of alkyl halides is 5. The average molecular weight is 769 g/mol. The first-order valence-electron chi connectivity index (χ1n) is 16.8. The van der Waals surface area contributed by atoms with Crippen molar-refractivity contribution >= 4 is 39.5 Å². The van der Waals surface area contributed by atoms with E-state index in [1.54, 1.807) is 35.8 Å². The van der Waals surface area contributed by atoms with Gasteiger partial charge in [0.05, 0.1) is 23.8 Å². The molecule has 0 saturated carbocycles. The average Bonchev–Trinajstić information content (AvgIpc) is 3.09. The maximum atomic E-state index is 15.8. The number of piperazine rings is 1. The largest absolute Gasteiger partial charge is 0.573 e. The Labute approximate surface area is 303 Å². The van der Waals surface area contributed by atoms with Gasteiger partial charge in [0.15, 0.2) is 0 Å². The van der Waals surface area contributed by atoms with Gasteiger partial charge in [0.2, 0.25) is 5.91 Å². The van der Waals surface area contributed by atoms with Crippen LogP contribution in [0.2, 0.25) is 0 Å². The first-order valence-corrected chi connectivity index (χ1v) is 18.3. The molecule has 2 unspecified atom stereocenters. The van der Waals surface area contributed by atoms with Gasteiger partial charge in [0.1, 0.15) is 11.6 Å². The summed E-state index contributed by atoms with van der Waals surface area (Å²) in [5.74, 6) is -5.89. The maximum Gasteiger partial charge on any atom is 0.573 e. The third kappa shape index (κ3) is 8.12. The number of hydrogen-bond donors (Lipinski definition) is 3. The van der Waals surface area contributed by atoms with Crippen molar-refractivity contribution in [2.75, 3.05) is 54.6 Å². The summed E-state index contributed by atoms with van der Waals surface area (Å²) in [5.41, 5.74) is 1.42. The van der Waals surface area contributed by atoms with Crippen molar-refractivity contribution in [2.24, 2.45) is 7.05 Å². The fourth-order valence-electron chi connectivity index (χ4n) is 7.00. The Hall–Kier alpha value is -4.71. The molecular formula is C35H38F6N6O5S. The molecule has 6 rings (SSSR count). The number of thiol groups is 1. The number of amides is 3. The van der Waals surface area contributed by atoms with E-state index in [0.29, 0.717) is 28.1 Å². The van der Waals surface area contributed by atoms with Crippen molar-refractivity contribution in [3.05, 3.63) is 75.5 Å². The number of imide groups is 1. The van der Waals surface area contributed by atoms with Crippen molar-refractivity contribution in [1.29, 1.82) is 0 Å². The number of aryl methyl sites for hydroxylation is 1. The number of carbonyl (C=O) groups excluding carboxylic acids is 3.